The molecule has 2 aromatic carbocycles. The van der Waals surface area contributed by atoms with E-state index in [9.17, 15) is 14.7 Å². The molecule has 9 nitrogen and oxygen atoms in total. The van der Waals surface area contributed by atoms with Crippen LogP contribution < -0.4 is 18.9 Å². The molecule has 1 N–H and O–H groups in total. The van der Waals surface area contributed by atoms with Gasteiger partial charge in [0.1, 0.15) is 11.5 Å². The van der Waals surface area contributed by atoms with Gasteiger partial charge < -0.3 is 33.7 Å². The number of methoxy groups -OCH3 is 4. The first-order chi connectivity index (χ1) is 16.8. The third-order valence-corrected chi connectivity index (χ3v) is 5.58. The Bertz CT molecular complexity index is 1080. The Balaban J connectivity index is 2.19. The summed E-state index contributed by atoms with van der Waals surface area (Å²) >= 11 is 0. The lowest BCUT2D eigenvalue weighted by Crippen LogP contribution is -2.32. The number of aliphatic hydroxyl groups excluding tert-OH is 1. The fourth-order valence-electron chi connectivity index (χ4n) is 4.03. The standard InChI is InChI=1S/C26H31NO8/c1-15(2)35-18-9-7-16(8-10-18)23(28)21-22(27(11-12-31-3)26(30)24(21)29)17-13-19(32-4)25(34-6)20(14-17)33-5/h7-10,13-15,22,28H,11-12H2,1-6H3/t22-/m1/s1. The molecule has 0 aromatic heterocycles. The van der Waals surface area contributed by atoms with E-state index in [1.807, 2.05) is 13.8 Å². The average molecular weight is 486 g/mol. The summed E-state index contributed by atoms with van der Waals surface area (Å²) in [6, 6.07) is 9.10. The molecule has 1 amide bonds. The molecule has 0 unspecified atom stereocenters. The molecule has 0 radical (unpaired) electrons. The van der Waals surface area contributed by atoms with Crippen molar-refractivity contribution in [2.45, 2.75) is 26.0 Å². The third-order valence-electron chi connectivity index (χ3n) is 5.58. The molecule has 0 saturated carbocycles. The van der Waals surface area contributed by atoms with Crippen LogP contribution in [0.3, 0.4) is 0 Å². The van der Waals surface area contributed by atoms with Gasteiger partial charge in [0.05, 0.1) is 45.7 Å². The second kappa shape index (κ2) is 11.1. The smallest absolute Gasteiger partial charge is 0.295 e. The zero-order valence-electron chi connectivity index (χ0n) is 20.8. The van der Waals surface area contributed by atoms with Crippen molar-refractivity contribution in [2.75, 3.05) is 41.6 Å². The highest BCUT2D eigenvalue weighted by Crippen LogP contribution is 2.45. The maximum atomic E-state index is 13.2. The number of nitrogens with zero attached hydrogens (tertiary/aromatic N) is 1. The van der Waals surface area contributed by atoms with Gasteiger partial charge in [-0.1, -0.05) is 0 Å². The van der Waals surface area contributed by atoms with Crippen LogP contribution in [0.25, 0.3) is 5.76 Å². The molecular weight excluding hydrogens is 454 g/mol. The van der Waals surface area contributed by atoms with E-state index in [0.29, 0.717) is 34.1 Å². The molecule has 1 saturated heterocycles. The first-order valence-electron chi connectivity index (χ1n) is 11.1. The van der Waals surface area contributed by atoms with Crippen LogP contribution in [0.2, 0.25) is 0 Å². The molecule has 0 spiro atoms. The Kier molecular flexibility index (Phi) is 8.24. The van der Waals surface area contributed by atoms with Crippen LogP contribution in [-0.4, -0.2) is 69.4 Å². The van der Waals surface area contributed by atoms with Crippen molar-refractivity contribution in [2.24, 2.45) is 0 Å². The van der Waals surface area contributed by atoms with Crippen molar-refractivity contribution in [3.63, 3.8) is 0 Å². The number of aliphatic hydroxyl groups is 1. The van der Waals surface area contributed by atoms with E-state index < -0.39 is 17.7 Å². The van der Waals surface area contributed by atoms with Gasteiger partial charge in [0, 0.05) is 19.2 Å². The number of ether oxygens (including phenoxy) is 5. The third kappa shape index (κ3) is 5.19. The van der Waals surface area contributed by atoms with Crippen molar-refractivity contribution in [3.8, 4) is 23.0 Å². The predicted octanol–water partition coefficient (Wildman–Crippen LogP) is 3.57. The molecule has 1 aliphatic heterocycles. The highest BCUT2D eigenvalue weighted by Gasteiger charge is 2.46. The van der Waals surface area contributed by atoms with E-state index >= 15 is 0 Å². The van der Waals surface area contributed by atoms with Crippen molar-refractivity contribution in [1.29, 1.82) is 0 Å². The van der Waals surface area contributed by atoms with Crippen LogP contribution in [0, 0.1) is 0 Å². The van der Waals surface area contributed by atoms with E-state index in [4.69, 9.17) is 23.7 Å². The molecule has 1 heterocycles. The Morgan fingerprint density at radius 2 is 1.57 bits per heavy atom. The number of carbonyl (C=O) groups excluding carboxylic acids is 2. The van der Waals surface area contributed by atoms with Gasteiger partial charge in [-0.05, 0) is 55.8 Å². The summed E-state index contributed by atoms with van der Waals surface area (Å²) in [5.41, 5.74) is 0.845. The Morgan fingerprint density at radius 3 is 2.06 bits per heavy atom. The van der Waals surface area contributed by atoms with Crippen molar-refractivity contribution >= 4 is 17.4 Å². The highest BCUT2D eigenvalue weighted by atomic mass is 16.5. The minimum Gasteiger partial charge on any atom is -0.507 e. The summed E-state index contributed by atoms with van der Waals surface area (Å²) in [5, 5.41) is 11.2. The molecule has 9 heteroatoms. The molecule has 0 aliphatic carbocycles. The summed E-state index contributed by atoms with van der Waals surface area (Å²) in [6.45, 7) is 4.16. The van der Waals surface area contributed by atoms with Gasteiger partial charge in [-0.3, -0.25) is 9.59 Å². The van der Waals surface area contributed by atoms with Crippen LogP contribution in [0.4, 0.5) is 0 Å². The topological polar surface area (TPSA) is 104 Å². The number of hydrogen-bond acceptors (Lipinski definition) is 8. The molecule has 0 bridgehead atoms. The lowest BCUT2D eigenvalue weighted by molar-refractivity contribution is -0.140. The molecule has 1 atom stereocenters. The van der Waals surface area contributed by atoms with Gasteiger partial charge in [-0.2, -0.15) is 0 Å². The first-order valence-corrected chi connectivity index (χ1v) is 11.1. The summed E-state index contributed by atoms with van der Waals surface area (Å²) < 4.78 is 27.1. The van der Waals surface area contributed by atoms with Crippen molar-refractivity contribution in [3.05, 3.63) is 53.1 Å². The van der Waals surface area contributed by atoms with Gasteiger partial charge in [0.25, 0.3) is 11.7 Å². The number of rotatable bonds is 10. The SMILES string of the molecule is COCCN1C(=O)C(=O)C(=C(O)c2ccc(OC(C)C)cc2)[C@H]1c1cc(OC)c(OC)c(OC)c1. The van der Waals surface area contributed by atoms with Crippen LogP contribution in [0.5, 0.6) is 23.0 Å². The maximum Gasteiger partial charge on any atom is 0.295 e. The van der Waals surface area contributed by atoms with Crippen LogP contribution in [0.1, 0.15) is 31.0 Å². The highest BCUT2D eigenvalue weighted by molar-refractivity contribution is 6.46. The molecule has 35 heavy (non-hydrogen) atoms. The second-order valence-electron chi connectivity index (χ2n) is 8.13. The van der Waals surface area contributed by atoms with Crippen LogP contribution in [0.15, 0.2) is 42.0 Å². The molecule has 1 aliphatic rings. The van der Waals surface area contributed by atoms with Gasteiger partial charge in [-0.25, -0.2) is 0 Å². The van der Waals surface area contributed by atoms with E-state index in [0.717, 1.165) is 0 Å². The number of hydrogen-bond donors (Lipinski definition) is 1. The Hall–Kier alpha value is -3.72. The zero-order valence-corrected chi connectivity index (χ0v) is 20.8. The summed E-state index contributed by atoms with van der Waals surface area (Å²) in [5.74, 6) is -0.115. The van der Waals surface area contributed by atoms with Crippen molar-refractivity contribution < 1.29 is 38.4 Å². The summed E-state index contributed by atoms with van der Waals surface area (Å²) in [4.78, 5) is 27.5. The quantitative estimate of drug-likeness (QED) is 0.310. The maximum absolute atomic E-state index is 13.2. The van der Waals surface area contributed by atoms with E-state index in [2.05, 4.69) is 0 Å². The second-order valence-corrected chi connectivity index (χ2v) is 8.13. The van der Waals surface area contributed by atoms with Crippen LogP contribution >= 0.6 is 0 Å². The first kappa shape index (κ1) is 25.9. The summed E-state index contributed by atoms with van der Waals surface area (Å²) in [6.07, 6.45) is -0.0133. The lowest BCUT2D eigenvalue weighted by Gasteiger charge is -2.26. The largest absolute Gasteiger partial charge is 0.507 e. The Morgan fingerprint density at radius 1 is 0.971 bits per heavy atom. The number of likely N-dealkylation sites (tertiary alicyclic amines) is 1. The van der Waals surface area contributed by atoms with Crippen LogP contribution in [-0.2, 0) is 14.3 Å². The fourth-order valence-corrected chi connectivity index (χ4v) is 4.03. The van der Waals surface area contributed by atoms with E-state index in [-0.39, 0.29) is 30.6 Å². The van der Waals surface area contributed by atoms with Gasteiger partial charge in [0.15, 0.2) is 11.5 Å². The molecule has 2 aromatic rings. The number of Topliss-reactive ketones (excluding diaryl/α,β-unsaturated/α-hetero) is 1. The number of ketones is 1. The molecular formula is C26H31NO8. The average Bonchev–Trinajstić information content (AvgIpc) is 3.10. The minimum atomic E-state index is -0.898. The van der Waals surface area contributed by atoms with Gasteiger partial charge in [0.2, 0.25) is 5.75 Å². The number of carbonyl (C=O) groups is 2. The fraction of sp³-hybridized carbons (Fsp3) is 0.385. The summed E-state index contributed by atoms with van der Waals surface area (Å²) in [7, 11) is 5.94. The molecule has 3 rings (SSSR count). The van der Waals surface area contributed by atoms with E-state index in [1.165, 1.54) is 33.3 Å². The number of benzene rings is 2. The molecule has 188 valence electrons. The minimum absolute atomic E-state index is 0.0133. The van der Waals surface area contributed by atoms with Gasteiger partial charge in [-0.15, -0.1) is 0 Å². The van der Waals surface area contributed by atoms with E-state index in [1.54, 1.807) is 36.4 Å². The van der Waals surface area contributed by atoms with Gasteiger partial charge >= 0.3 is 0 Å². The monoisotopic (exact) mass is 485 g/mol. The zero-order chi connectivity index (χ0) is 25.7. The van der Waals surface area contributed by atoms with Crippen molar-refractivity contribution in [1.82, 2.24) is 4.90 Å². The number of amides is 1. The lowest BCUT2D eigenvalue weighted by atomic mass is 9.94. The molecule has 1 fully saturated rings. The predicted molar refractivity (Wildman–Crippen MR) is 129 cm³/mol. The normalized spacial score (nSPS) is 17.1. The Labute approximate surface area is 204 Å².